The molecule has 0 radical (unpaired) electrons. The average Bonchev–Trinajstić information content (AvgIpc) is 2.82. The van der Waals surface area contributed by atoms with Crippen LogP contribution in [0.3, 0.4) is 0 Å². The molecule has 1 fully saturated rings. The van der Waals surface area contributed by atoms with E-state index in [9.17, 15) is 17.6 Å². The Balaban J connectivity index is 2.28. The Morgan fingerprint density at radius 3 is 2.68 bits per heavy atom. The van der Waals surface area contributed by atoms with E-state index in [2.05, 4.69) is 0 Å². The Kier molecular flexibility index (Phi) is 3.60. The van der Waals surface area contributed by atoms with Crippen molar-refractivity contribution in [2.45, 2.75) is 18.2 Å². The van der Waals surface area contributed by atoms with E-state index in [1.54, 1.807) is 6.92 Å². The van der Waals surface area contributed by atoms with Crippen LogP contribution in [0.25, 0.3) is 0 Å². The summed E-state index contributed by atoms with van der Waals surface area (Å²) in [5.41, 5.74) is 0.365. The van der Waals surface area contributed by atoms with Crippen LogP contribution in [0.1, 0.15) is 12.0 Å². The fourth-order valence-electron chi connectivity index (χ4n) is 2.03. The molecule has 1 aromatic carbocycles. The Morgan fingerprint density at radius 1 is 1.47 bits per heavy atom. The molecule has 1 saturated heterocycles. The molecule has 0 bridgehead atoms. The molecular formula is C12H14FNO4S. The van der Waals surface area contributed by atoms with Gasteiger partial charge < -0.3 is 5.11 Å². The third kappa shape index (κ3) is 2.62. The lowest BCUT2D eigenvalue weighted by atomic mass is 10.1. The van der Waals surface area contributed by atoms with Gasteiger partial charge in [0.2, 0.25) is 10.0 Å². The van der Waals surface area contributed by atoms with Crippen molar-refractivity contribution < 1.29 is 22.7 Å². The van der Waals surface area contributed by atoms with E-state index >= 15 is 0 Å². The topological polar surface area (TPSA) is 74.7 Å². The molecule has 2 rings (SSSR count). The molecule has 1 heterocycles. The smallest absolute Gasteiger partial charge is 0.307 e. The summed E-state index contributed by atoms with van der Waals surface area (Å²) >= 11 is 0. The standard InChI is InChI=1S/C12H14FNO4S/c1-8-2-3-10(6-11(8)13)19(17,18)14-5-4-9(7-14)12(15)16/h2-3,6,9H,4-5,7H2,1H3,(H,15,16). The summed E-state index contributed by atoms with van der Waals surface area (Å²) in [5.74, 6) is -2.28. The highest BCUT2D eigenvalue weighted by Gasteiger charge is 2.35. The van der Waals surface area contributed by atoms with Crippen LogP contribution in [-0.4, -0.2) is 36.9 Å². The highest BCUT2D eigenvalue weighted by atomic mass is 32.2. The number of aliphatic carboxylic acids is 1. The number of sulfonamides is 1. The molecule has 1 aliphatic heterocycles. The van der Waals surface area contributed by atoms with Gasteiger partial charge in [0.25, 0.3) is 0 Å². The van der Waals surface area contributed by atoms with Crippen LogP contribution in [0.15, 0.2) is 23.1 Å². The summed E-state index contributed by atoms with van der Waals surface area (Å²) in [6.07, 6.45) is 0.281. The number of carbonyl (C=O) groups is 1. The molecule has 0 saturated carbocycles. The lowest BCUT2D eigenvalue weighted by Crippen LogP contribution is -2.30. The fourth-order valence-corrected chi connectivity index (χ4v) is 3.54. The summed E-state index contributed by atoms with van der Waals surface area (Å²) in [6.45, 7) is 1.63. The summed E-state index contributed by atoms with van der Waals surface area (Å²) in [7, 11) is -3.81. The number of rotatable bonds is 3. The zero-order valence-electron chi connectivity index (χ0n) is 10.3. The summed E-state index contributed by atoms with van der Waals surface area (Å²) in [6, 6.07) is 3.70. The second-order valence-corrected chi connectivity index (χ2v) is 6.54. The molecule has 0 aliphatic carbocycles. The van der Waals surface area contributed by atoms with Crippen LogP contribution in [0.4, 0.5) is 4.39 Å². The monoisotopic (exact) mass is 287 g/mol. The largest absolute Gasteiger partial charge is 0.481 e. The quantitative estimate of drug-likeness (QED) is 0.907. The van der Waals surface area contributed by atoms with Gasteiger partial charge >= 0.3 is 5.97 Å². The van der Waals surface area contributed by atoms with Crippen molar-refractivity contribution in [3.05, 3.63) is 29.6 Å². The van der Waals surface area contributed by atoms with Crippen LogP contribution in [0.2, 0.25) is 0 Å². The number of hydrogen-bond acceptors (Lipinski definition) is 3. The Labute approximate surface area is 110 Å². The van der Waals surface area contributed by atoms with Gasteiger partial charge in [-0.2, -0.15) is 4.31 Å². The predicted octanol–water partition coefficient (Wildman–Crippen LogP) is 1.23. The molecule has 1 atom stereocenters. The van der Waals surface area contributed by atoms with Crippen LogP contribution in [0, 0.1) is 18.7 Å². The lowest BCUT2D eigenvalue weighted by molar-refractivity contribution is -0.141. The highest BCUT2D eigenvalue weighted by Crippen LogP contribution is 2.25. The van der Waals surface area contributed by atoms with E-state index < -0.39 is 27.7 Å². The normalized spacial score (nSPS) is 20.6. The van der Waals surface area contributed by atoms with E-state index in [4.69, 9.17) is 5.11 Å². The van der Waals surface area contributed by atoms with Gasteiger partial charge in [0, 0.05) is 13.1 Å². The third-order valence-electron chi connectivity index (χ3n) is 3.28. The van der Waals surface area contributed by atoms with E-state index in [0.29, 0.717) is 5.56 Å². The van der Waals surface area contributed by atoms with Crippen molar-refractivity contribution in [1.29, 1.82) is 0 Å². The van der Waals surface area contributed by atoms with Crippen LogP contribution < -0.4 is 0 Å². The molecule has 0 spiro atoms. The first-order valence-corrected chi connectivity index (χ1v) is 7.25. The zero-order chi connectivity index (χ0) is 14.2. The van der Waals surface area contributed by atoms with Crippen molar-refractivity contribution in [2.24, 2.45) is 5.92 Å². The molecule has 1 unspecified atom stereocenters. The third-order valence-corrected chi connectivity index (χ3v) is 5.14. The Hall–Kier alpha value is -1.47. The molecule has 19 heavy (non-hydrogen) atoms. The van der Waals surface area contributed by atoms with Gasteiger partial charge in [0.05, 0.1) is 10.8 Å². The molecule has 5 nitrogen and oxygen atoms in total. The molecule has 7 heteroatoms. The minimum absolute atomic E-state index is 0.0623. The summed E-state index contributed by atoms with van der Waals surface area (Å²) < 4.78 is 39.0. The Morgan fingerprint density at radius 2 is 2.16 bits per heavy atom. The van der Waals surface area contributed by atoms with Gasteiger partial charge in [-0.25, -0.2) is 12.8 Å². The second kappa shape index (κ2) is 4.90. The molecule has 0 amide bonds. The first-order valence-electron chi connectivity index (χ1n) is 5.81. The SMILES string of the molecule is Cc1ccc(S(=O)(=O)N2CCC(C(=O)O)C2)cc1F. The maximum atomic E-state index is 13.4. The van der Waals surface area contributed by atoms with Gasteiger partial charge in [-0.15, -0.1) is 0 Å². The van der Waals surface area contributed by atoms with Crippen molar-refractivity contribution in [3.63, 3.8) is 0 Å². The van der Waals surface area contributed by atoms with Gasteiger partial charge in [0.15, 0.2) is 0 Å². The Bertz CT molecular complexity index is 614. The molecule has 1 aromatic rings. The van der Waals surface area contributed by atoms with Gasteiger partial charge in [0.1, 0.15) is 5.82 Å². The molecular weight excluding hydrogens is 273 g/mol. The summed E-state index contributed by atoms with van der Waals surface area (Å²) in [5, 5.41) is 8.87. The maximum absolute atomic E-state index is 13.4. The number of carboxylic acids is 1. The summed E-state index contributed by atoms with van der Waals surface area (Å²) in [4.78, 5) is 10.7. The molecule has 1 aliphatic rings. The van der Waals surface area contributed by atoms with E-state index in [-0.39, 0.29) is 24.4 Å². The van der Waals surface area contributed by atoms with E-state index in [1.165, 1.54) is 12.1 Å². The van der Waals surface area contributed by atoms with Gasteiger partial charge in [-0.1, -0.05) is 6.07 Å². The maximum Gasteiger partial charge on any atom is 0.307 e. The highest BCUT2D eigenvalue weighted by molar-refractivity contribution is 7.89. The van der Waals surface area contributed by atoms with Crippen molar-refractivity contribution in [2.75, 3.05) is 13.1 Å². The lowest BCUT2D eigenvalue weighted by Gasteiger charge is -2.16. The van der Waals surface area contributed by atoms with Gasteiger partial charge in [-0.05, 0) is 31.0 Å². The van der Waals surface area contributed by atoms with E-state index in [0.717, 1.165) is 10.4 Å². The van der Waals surface area contributed by atoms with Crippen LogP contribution >= 0.6 is 0 Å². The number of hydrogen-bond donors (Lipinski definition) is 1. The van der Waals surface area contributed by atoms with Crippen molar-refractivity contribution >= 4 is 16.0 Å². The van der Waals surface area contributed by atoms with Crippen LogP contribution in [0.5, 0.6) is 0 Å². The molecule has 0 aromatic heterocycles. The molecule has 104 valence electrons. The fraction of sp³-hybridized carbons (Fsp3) is 0.417. The van der Waals surface area contributed by atoms with E-state index in [1.807, 2.05) is 0 Å². The van der Waals surface area contributed by atoms with Crippen LogP contribution in [-0.2, 0) is 14.8 Å². The van der Waals surface area contributed by atoms with Crippen molar-refractivity contribution in [3.8, 4) is 0 Å². The predicted molar refractivity (Wildman–Crippen MR) is 65.6 cm³/mol. The number of halogens is 1. The molecule has 1 N–H and O–H groups in total. The second-order valence-electron chi connectivity index (χ2n) is 4.60. The number of carboxylic acid groups (broad SMARTS) is 1. The van der Waals surface area contributed by atoms with Crippen molar-refractivity contribution in [1.82, 2.24) is 4.31 Å². The first kappa shape index (κ1) is 14.0. The number of aryl methyl sites for hydroxylation is 1. The first-order chi connectivity index (χ1) is 8.82. The zero-order valence-corrected chi connectivity index (χ0v) is 11.2. The minimum Gasteiger partial charge on any atom is -0.481 e. The minimum atomic E-state index is -3.81. The van der Waals surface area contributed by atoms with Gasteiger partial charge in [-0.3, -0.25) is 4.79 Å². The number of benzene rings is 1. The average molecular weight is 287 g/mol. The number of nitrogens with zero attached hydrogens (tertiary/aromatic N) is 1.